The van der Waals surface area contributed by atoms with Crippen LogP contribution >= 0.6 is 0 Å². The molecule has 0 saturated carbocycles. The molecule has 0 unspecified atom stereocenters. The van der Waals surface area contributed by atoms with Crippen molar-refractivity contribution in [3.63, 3.8) is 0 Å². The molecule has 1 heterocycles. The summed E-state index contributed by atoms with van der Waals surface area (Å²) in [5.74, 6) is 0. The van der Waals surface area contributed by atoms with E-state index in [4.69, 9.17) is 0 Å². The van der Waals surface area contributed by atoms with Gasteiger partial charge < -0.3 is 5.32 Å². The number of rotatable bonds is 3. The van der Waals surface area contributed by atoms with E-state index in [0.717, 1.165) is 18.7 Å². The fourth-order valence-electron chi connectivity index (χ4n) is 1.67. The molecular formula is C11H16N2O2S. The Labute approximate surface area is 96.3 Å². The minimum Gasteiger partial charge on any atom is -0.313 e. The van der Waals surface area contributed by atoms with Gasteiger partial charge in [0.05, 0.1) is 4.90 Å². The van der Waals surface area contributed by atoms with Crippen molar-refractivity contribution in [3.05, 3.63) is 29.8 Å². The quantitative estimate of drug-likeness (QED) is 0.841. The third kappa shape index (κ3) is 1.98. The van der Waals surface area contributed by atoms with E-state index < -0.39 is 10.0 Å². The molecule has 5 heteroatoms. The molecular weight excluding hydrogens is 224 g/mol. The van der Waals surface area contributed by atoms with Crippen LogP contribution in [0.3, 0.4) is 0 Å². The second-order valence-corrected chi connectivity index (χ2v) is 6.15. The standard InChI is InChI=1S/C11H16N2O2S/c1-9-4-3-5-11(6-9)16(14,15)13(2)10-7-12-8-10/h3-6,10,12H,7-8H2,1-2H3. The van der Waals surface area contributed by atoms with E-state index in [9.17, 15) is 8.42 Å². The van der Waals surface area contributed by atoms with Crippen molar-refractivity contribution >= 4 is 10.0 Å². The first-order valence-corrected chi connectivity index (χ1v) is 6.71. The van der Waals surface area contributed by atoms with Gasteiger partial charge in [-0.15, -0.1) is 0 Å². The van der Waals surface area contributed by atoms with E-state index >= 15 is 0 Å². The lowest BCUT2D eigenvalue weighted by atomic mass is 10.2. The zero-order valence-electron chi connectivity index (χ0n) is 9.47. The van der Waals surface area contributed by atoms with Gasteiger partial charge in [0.15, 0.2) is 0 Å². The van der Waals surface area contributed by atoms with Crippen LogP contribution in [-0.2, 0) is 10.0 Å². The predicted octanol–water partition coefficient (Wildman–Crippen LogP) is 0.587. The van der Waals surface area contributed by atoms with E-state index in [1.807, 2.05) is 13.0 Å². The highest BCUT2D eigenvalue weighted by Gasteiger charge is 2.31. The van der Waals surface area contributed by atoms with Crippen molar-refractivity contribution < 1.29 is 8.42 Å². The average molecular weight is 240 g/mol. The summed E-state index contributed by atoms with van der Waals surface area (Å²) in [6.07, 6.45) is 0. The van der Waals surface area contributed by atoms with Gasteiger partial charge in [-0.05, 0) is 24.6 Å². The summed E-state index contributed by atoms with van der Waals surface area (Å²) in [5.41, 5.74) is 0.959. The molecule has 1 aromatic rings. The lowest BCUT2D eigenvalue weighted by Gasteiger charge is -2.34. The summed E-state index contributed by atoms with van der Waals surface area (Å²) in [5, 5.41) is 3.07. The Morgan fingerprint density at radius 2 is 2.06 bits per heavy atom. The van der Waals surface area contributed by atoms with Crippen LogP contribution in [0.2, 0.25) is 0 Å². The monoisotopic (exact) mass is 240 g/mol. The van der Waals surface area contributed by atoms with Crippen molar-refractivity contribution in [2.45, 2.75) is 17.9 Å². The SMILES string of the molecule is Cc1cccc(S(=O)(=O)N(C)C2CNC2)c1. The molecule has 16 heavy (non-hydrogen) atoms. The molecule has 2 rings (SSSR count). The normalized spacial score (nSPS) is 17.4. The molecule has 0 aromatic heterocycles. The molecule has 1 N–H and O–H groups in total. The van der Waals surface area contributed by atoms with Crippen LogP contribution in [0.4, 0.5) is 0 Å². The van der Waals surface area contributed by atoms with Gasteiger partial charge >= 0.3 is 0 Å². The molecule has 0 bridgehead atoms. The number of benzene rings is 1. The Bertz CT molecular complexity index is 481. The maximum absolute atomic E-state index is 12.2. The Morgan fingerprint density at radius 1 is 1.38 bits per heavy atom. The van der Waals surface area contributed by atoms with Crippen molar-refractivity contribution in [2.75, 3.05) is 20.1 Å². The molecule has 0 radical (unpaired) electrons. The summed E-state index contributed by atoms with van der Waals surface area (Å²) >= 11 is 0. The predicted molar refractivity (Wildman–Crippen MR) is 62.8 cm³/mol. The van der Waals surface area contributed by atoms with Crippen molar-refractivity contribution in [2.24, 2.45) is 0 Å². The first-order chi connectivity index (χ1) is 7.51. The fourth-order valence-corrected chi connectivity index (χ4v) is 3.13. The number of nitrogens with one attached hydrogen (secondary N) is 1. The van der Waals surface area contributed by atoms with Gasteiger partial charge in [0.2, 0.25) is 10.0 Å². The van der Waals surface area contributed by atoms with Crippen LogP contribution in [-0.4, -0.2) is 38.9 Å². The van der Waals surface area contributed by atoms with Crippen LogP contribution < -0.4 is 5.32 Å². The van der Waals surface area contributed by atoms with E-state index in [1.165, 1.54) is 4.31 Å². The molecule has 1 aliphatic heterocycles. The van der Waals surface area contributed by atoms with Gasteiger partial charge in [0.25, 0.3) is 0 Å². The molecule has 4 nitrogen and oxygen atoms in total. The topological polar surface area (TPSA) is 49.4 Å². The van der Waals surface area contributed by atoms with Gasteiger partial charge in [-0.2, -0.15) is 4.31 Å². The zero-order chi connectivity index (χ0) is 11.8. The molecule has 0 amide bonds. The van der Waals surface area contributed by atoms with Gasteiger partial charge in [0, 0.05) is 26.2 Å². The number of nitrogens with zero attached hydrogens (tertiary/aromatic N) is 1. The summed E-state index contributed by atoms with van der Waals surface area (Å²) in [6, 6.07) is 7.10. The van der Waals surface area contributed by atoms with E-state index in [0.29, 0.717) is 4.90 Å². The maximum atomic E-state index is 12.2. The third-order valence-electron chi connectivity index (χ3n) is 2.94. The number of likely N-dealkylation sites (N-methyl/N-ethyl adjacent to an activating group) is 1. The third-order valence-corrected chi connectivity index (χ3v) is 4.85. The summed E-state index contributed by atoms with van der Waals surface area (Å²) < 4.78 is 25.9. The van der Waals surface area contributed by atoms with Gasteiger partial charge in [-0.1, -0.05) is 12.1 Å². The van der Waals surface area contributed by atoms with Crippen LogP contribution in [0.25, 0.3) is 0 Å². The lowest BCUT2D eigenvalue weighted by Crippen LogP contribution is -2.57. The number of hydrogen-bond acceptors (Lipinski definition) is 3. The molecule has 1 aliphatic rings. The molecule has 1 saturated heterocycles. The minimum atomic E-state index is -3.33. The van der Waals surface area contributed by atoms with Crippen molar-refractivity contribution in [1.29, 1.82) is 0 Å². The molecule has 88 valence electrons. The smallest absolute Gasteiger partial charge is 0.243 e. The van der Waals surface area contributed by atoms with E-state index in [-0.39, 0.29) is 6.04 Å². The minimum absolute atomic E-state index is 0.0884. The summed E-state index contributed by atoms with van der Waals surface area (Å²) in [7, 11) is -1.69. The highest BCUT2D eigenvalue weighted by molar-refractivity contribution is 7.89. The van der Waals surface area contributed by atoms with Crippen LogP contribution in [0, 0.1) is 6.92 Å². The summed E-state index contributed by atoms with van der Waals surface area (Å²) in [4.78, 5) is 0.377. The van der Waals surface area contributed by atoms with Crippen LogP contribution in [0.5, 0.6) is 0 Å². The van der Waals surface area contributed by atoms with Crippen molar-refractivity contribution in [1.82, 2.24) is 9.62 Å². The number of aryl methyl sites for hydroxylation is 1. The zero-order valence-corrected chi connectivity index (χ0v) is 10.3. The number of hydrogen-bond donors (Lipinski definition) is 1. The molecule has 1 aromatic carbocycles. The highest BCUT2D eigenvalue weighted by Crippen LogP contribution is 2.18. The summed E-state index contributed by atoms with van der Waals surface area (Å²) in [6.45, 7) is 3.37. The van der Waals surface area contributed by atoms with Gasteiger partial charge in [-0.3, -0.25) is 0 Å². The molecule has 0 atom stereocenters. The first-order valence-electron chi connectivity index (χ1n) is 5.27. The van der Waals surface area contributed by atoms with E-state index in [2.05, 4.69) is 5.32 Å². The fraction of sp³-hybridized carbons (Fsp3) is 0.455. The van der Waals surface area contributed by atoms with E-state index in [1.54, 1.807) is 25.2 Å². The largest absolute Gasteiger partial charge is 0.313 e. The first kappa shape index (κ1) is 11.6. The number of sulfonamides is 1. The Morgan fingerprint density at radius 3 is 2.56 bits per heavy atom. The second kappa shape index (κ2) is 4.16. The van der Waals surface area contributed by atoms with Gasteiger partial charge in [0.1, 0.15) is 0 Å². The Balaban J connectivity index is 2.30. The molecule has 0 spiro atoms. The molecule has 0 aliphatic carbocycles. The van der Waals surface area contributed by atoms with Crippen LogP contribution in [0.15, 0.2) is 29.2 Å². The average Bonchev–Trinajstić information content (AvgIpc) is 2.15. The highest BCUT2D eigenvalue weighted by atomic mass is 32.2. The second-order valence-electron chi connectivity index (χ2n) is 4.15. The van der Waals surface area contributed by atoms with Crippen LogP contribution in [0.1, 0.15) is 5.56 Å². The Hall–Kier alpha value is -0.910. The molecule has 1 fully saturated rings. The van der Waals surface area contributed by atoms with Crippen molar-refractivity contribution in [3.8, 4) is 0 Å². The maximum Gasteiger partial charge on any atom is 0.243 e. The van der Waals surface area contributed by atoms with Gasteiger partial charge in [-0.25, -0.2) is 8.42 Å². The Kier molecular flexibility index (Phi) is 3.01. The lowest BCUT2D eigenvalue weighted by molar-refractivity contribution is 0.274.